The SMILES string of the molecule is C[C@H]1NC(=S)NC(=O)[C@H]1CCSC(=N)N. The second kappa shape index (κ2) is 5.32. The molecule has 0 saturated carbocycles. The van der Waals surface area contributed by atoms with Crippen molar-refractivity contribution in [3.8, 4) is 0 Å². The van der Waals surface area contributed by atoms with Crippen LogP contribution in [0.1, 0.15) is 13.3 Å². The van der Waals surface area contributed by atoms with Crippen LogP contribution >= 0.6 is 24.0 Å². The largest absolute Gasteiger partial charge is 0.379 e. The normalized spacial score (nSPS) is 25.7. The monoisotopic (exact) mass is 246 g/mol. The first-order valence-electron chi connectivity index (χ1n) is 4.59. The van der Waals surface area contributed by atoms with Crippen molar-refractivity contribution in [2.45, 2.75) is 19.4 Å². The molecule has 84 valence electrons. The minimum Gasteiger partial charge on any atom is -0.379 e. The summed E-state index contributed by atoms with van der Waals surface area (Å²) in [6, 6.07) is 0.0406. The lowest BCUT2D eigenvalue weighted by Crippen LogP contribution is -2.56. The Hall–Kier alpha value is -0.820. The summed E-state index contributed by atoms with van der Waals surface area (Å²) in [6.45, 7) is 1.92. The molecule has 1 aliphatic rings. The van der Waals surface area contributed by atoms with E-state index < -0.39 is 0 Å². The quantitative estimate of drug-likeness (QED) is 0.320. The zero-order chi connectivity index (χ0) is 11.4. The average molecular weight is 246 g/mol. The fourth-order valence-electron chi connectivity index (χ4n) is 1.45. The fourth-order valence-corrected chi connectivity index (χ4v) is 2.33. The zero-order valence-electron chi connectivity index (χ0n) is 8.37. The maximum absolute atomic E-state index is 11.6. The molecule has 0 aromatic carbocycles. The van der Waals surface area contributed by atoms with Crippen LogP contribution in [-0.4, -0.2) is 28.0 Å². The Labute approximate surface area is 98.1 Å². The van der Waals surface area contributed by atoms with Gasteiger partial charge in [-0.25, -0.2) is 0 Å². The van der Waals surface area contributed by atoms with Crippen molar-refractivity contribution >= 4 is 40.2 Å². The predicted octanol–water partition coefficient (Wildman–Crippen LogP) is 0.0122. The first-order valence-corrected chi connectivity index (χ1v) is 5.98. The van der Waals surface area contributed by atoms with Gasteiger partial charge in [0.25, 0.3) is 0 Å². The van der Waals surface area contributed by atoms with Crippen molar-refractivity contribution in [2.24, 2.45) is 11.7 Å². The van der Waals surface area contributed by atoms with Crippen LogP contribution in [0.4, 0.5) is 0 Å². The van der Waals surface area contributed by atoms with Crippen LogP contribution in [0.15, 0.2) is 0 Å². The van der Waals surface area contributed by atoms with Crippen molar-refractivity contribution in [1.29, 1.82) is 5.41 Å². The van der Waals surface area contributed by atoms with Gasteiger partial charge in [-0.2, -0.15) is 0 Å². The van der Waals surface area contributed by atoms with Crippen LogP contribution in [-0.2, 0) is 4.79 Å². The highest BCUT2D eigenvalue weighted by Gasteiger charge is 2.30. The minimum absolute atomic E-state index is 0.0406. The molecule has 1 rings (SSSR count). The number of amides is 1. The summed E-state index contributed by atoms with van der Waals surface area (Å²) >= 11 is 6.11. The molecular weight excluding hydrogens is 232 g/mol. The second-order valence-electron chi connectivity index (χ2n) is 3.36. The highest BCUT2D eigenvalue weighted by Crippen LogP contribution is 2.16. The van der Waals surface area contributed by atoms with Gasteiger partial charge >= 0.3 is 0 Å². The number of rotatable bonds is 3. The van der Waals surface area contributed by atoms with Gasteiger partial charge < -0.3 is 16.4 Å². The molecule has 0 unspecified atom stereocenters. The second-order valence-corrected chi connectivity index (χ2v) is 4.90. The molecule has 0 aromatic heterocycles. The molecule has 2 atom stereocenters. The summed E-state index contributed by atoms with van der Waals surface area (Å²) in [5, 5.41) is 13.1. The third-order valence-corrected chi connectivity index (χ3v) is 3.19. The summed E-state index contributed by atoms with van der Waals surface area (Å²) in [5.41, 5.74) is 5.21. The van der Waals surface area contributed by atoms with Crippen molar-refractivity contribution in [3.05, 3.63) is 0 Å². The molecule has 5 N–H and O–H groups in total. The van der Waals surface area contributed by atoms with Crippen LogP contribution in [0.3, 0.4) is 0 Å². The Kier molecular flexibility index (Phi) is 4.34. The lowest BCUT2D eigenvalue weighted by Gasteiger charge is -2.30. The third kappa shape index (κ3) is 3.67. The van der Waals surface area contributed by atoms with E-state index in [-0.39, 0.29) is 23.0 Å². The van der Waals surface area contributed by atoms with Crippen LogP contribution in [0, 0.1) is 11.3 Å². The van der Waals surface area contributed by atoms with E-state index in [0.717, 1.165) is 0 Å². The van der Waals surface area contributed by atoms with Gasteiger partial charge in [-0.3, -0.25) is 10.2 Å². The number of amidine groups is 1. The number of thiocarbonyl (C=S) groups is 1. The molecular formula is C8H14N4OS2. The van der Waals surface area contributed by atoms with E-state index in [9.17, 15) is 4.79 Å². The summed E-state index contributed by atoms with van der Waals surface area (Å²) in [5.74, 6) is 0.519. The Morgan fingerprint density at radius 1 is 1.73 bits per heavy atom. The third-order valence-electron chi connectivity index (χ3n) is 2.22. The maximum Gasteiger partial charge on any atom is 0.231 e. The number of hydrogen-bond donors (Lipinski definition) is 4. The van der Waals surface area contributed by atoms with Gasteiger partial charge in [0, 0.05) is 11.8 Å². The number of carbonyl (C=O) groups is 1. The summed E-state index contributed by atoms with van der Waals surface area (Å²) < 4.78 is 0. The van der Waals surface area contributed by atoms with Crippen molar-refractivity contribution in [3.63, 3.8) is 0 Å². The van der Waals surface area contributed by atoms with E-state index in [0.29, 0.717) is 17.3 Å². The van der Waals surface area contributed by atoms with Gasteiger partial charge in [-0.1, -0.05) is 11.8 Å². The van der Waals surface area contributed by atoms with E-state index in [2.05, 4.69) is 10.6 Å². The number of nitrogens with one attached hydrogen (secondary N) is 3. The van der Waals surface area contributed by atoms with Crippen LogP contribution in [0.25, 0.3) is 0 Å². The zero-order valence-corrected chi connectivity index (χ0v) is 10.0. The van der Waals surface area contributed by atoms with Crippen molar-refractivity contribution in [2.75, 3.05) is 5.75 Å². The highest BCUT2D eigenvalue weighted by atomic mass is 32.2. The molecule has 0 radical (unpaired) electrons. The topological polar surface area (TPSA) is 91.0 Å². The van der Waals surface area contributed by atoms with Gasteiger partial charge in [0.15, 0.2) is 10.3 Å². The van der Waals surface area contributed by atoms with Gasteiger partial charge in [-0.05, 0) is 25.6 Å². The standard InChI is InChI=1S/C8H14N4OS2/c1-4-5(2-3-15-7(9)10)6(13)12-8(14)11-4/h4-5H,2-3H2,1H3,(H3,9,10)(H2,11,12,13,14)/t4-,5+/m1/s1. The molecule has 1 amide bonds. The molecule has 1 heterocycles. The highest BCUT2D eigenvalue weighted by molar-refractivity contribution is 8.13. The molecule has 1 saturated heterocycles. The molecule has 5 nitrogen and oxygen atoms in total. The Morgan fingerprint density at radius 2 is 2.40 bits per heavy atom. The summed E-state index contributed by atoms with van der Waals surface area (Å²) in [6.07, 6.45) is 0.687. The predicted molar refractivity (Wildman–Crippen MR) is 65.8 cm³/mol. The summed E-state index contributed by atoms with van der Waals surface area (Å²) in [7, 11) is 0. The molecule has 0 aliphatic carbocycles. The lowest BCUT2D eigenvalue weighted by molar-refractivity contribution is -0.125. The summed E-state index contributed by atoms with van der Waals surface area (Å²) in [4.78, 5) is 11.6. The van der Waals surface area contributed by atoms with Crippen LogP contribution in [0.5, 0.6) is 0 Å². The number of hydrogen-bond acceptors (Lipinski definition) is 4. The average Bonchev–Trinajstić information content (AvgIpc) is 2.08. The van der Waals surface area contributed by atoms with Crippen LogP contribution < -0.4 is 16.4 Å². The van der Waals surface area contributed by atoms with E-state index in [1.165, 1.54) is 11.8 Å². The molecule has 1 fully saturated rings. The van der Waals surface area contributed by atoms with Crippen molar-refractivity contribution in [1.82, 2.24) is 10.6 Å². The Morgan fingerprint density at radius 3 is 2.93 bits per heavy atom. The van der Waals surface area contributed by atoms with E-state index >= 15 is 0 Å². The molecule has 15 heavy (non-hydrogen) atoms. The smallest absolute Gasteiger partial charge is 0.231 e. The van der Waals surface area contributed by atoms with Gasteiger partial charge in [0.2, 0.25) is 5.91 Å². The van der Waals surface area contributed by atoms with Gasteiger partial charge in [0.05, 0.1) is 5.92 Å². The number of nitrogens with two attached hydrogens (primary N) is 1. The Balaban J connectivity index is 2.42. The molecule has 0 aromatic rings. The number of thioether (sulfide) groups is 1. The first-order chi connectivity index (χ1) is 7.00. The molecule has 7 heteroatoms. The number of carbonyl (C=O) groups excluding carboxylic acids is 1. The Bertz CT molecular complexity index is 294. The lowest BCUT2D eigenvalue weighted by atomic mass is 9.96. The fraction of sp³-hybridized carbons (Fsp3) is 0.625. The van der Waals surface area contributed by atoms with Crippen molar-refractivity contribution < 1.29 is 4.79 Å². The van der Waals surface area contributed by atoms with E-state index in [1.54, 1.807) is 0 Å². The molecule has 1 aliphatic heterocycles. The maximum atomic E-state index is 11.6. The van der Waals surface area contributed by atoms with Gasteiger partial charge in [-0.15, -0.1) is 0 Å². The molecule has 0 spiro atoms. The minimum atomic E-state index is -0.108. The molecule has 0 bridgehead atoms. The van der Waals surface area contributed by atoms with E-state index in [4.69, 9.17) is 23.4 Å². The first kappa shape index (κ1) is 12.3. The van der Waals surface area contributed by atoms with E-state index in [1.807, 2.05) is 6.92 Å². The van der Waals surface area contributed by atoms with Gasteiger partial charge in [0.1, 0.15) is 0 Å². The van der Waals surface area contributed by atoms with Crippen LogP contribution in [0.2, 0.25) is 0 Å².